The molecule has 0 atom stereocenters. The highest BCUT2D eigenvalue weighted by molar-refractivity contribution is 7.17. The number of nitrogens with zero attached hydrogens (tertiary/aromatic N) is 2. The van der Waals surface area contributed by atoms with Gasteiger partial charge in [0.25, 0.3) is 5.56 Å². The maximum absolute atomic E-state index is 13.3. The van der Waals surface area contributed by atoms with Crippen molar-refractivity contribution in [2.45, 2.75) is 39.2 Å². The lowest BCUT2D eigenvalue weighted by molar-refractivity contribution is -0.140. The summed E-state index contributed by atoms with van der Waals surface area (Å²) in [4.78, 5) is 30.2. The van der Waals surface area contributed by atoms with Crippen LogP contribution in [0.3, 0.4) is 0 Å². The fourth-order valence-electron chi connectivity index (χ4n) is 3.02. The van der Waals surface area contributed by atoms with Gasteiger partial charge in [-0.1, -0.05) is 37.6 Å². The molecule has 0 aliphatic rings. The summed E-state index contributed by atoms with van der Waals surface area (Å²) in [6.07, 6.45) is 0.798. The molecule has 5 nitrogen and oxygen atoms in total. The molecule has 0 aliphatic carbocycles. The number of ether oxygens (including phenoxy) is 1. The minimum atomic E-state index is -0.277. The van der Waals surface area contributed by atoms with Crippen molar-refractivity contribution in [1.82, 2.24) is 9.55 Å². The molecular formula is C20H21ClN2O3S. The highest BCUT2D eigenvalue weighted by atomic mass is 35.5. The Labute approximate surface area is 166 Å². The van der Waals surface area contributed by atoms with E-state index < -0.39 is 0 Å². The summed E-state index contributed by atoms with van der Waals surface area (Å²) in [5.74, 6) is 0.559. The van der Waals surface area contributed by atoms with Gasteiger partial charge in [-0.3, -0.25) is 14.2 Å². The highest BCUT2D eigenvalue weighted by Crippen LogP contribution is 2.32. The summed E-state index contributed by atoms with van der Waals surface area (Å²) in [5, 5.41) is 3.23. The fourth-order valence-corrected chi connectivity index (χ4v) is 4.09. The fraction of sp³-hybridized carbons (Fsp3) is 0.350. The van der Waals surface area contributed by atoms with Gasteiger partial charge >= 0.3 is 5.97 Å². The Morgan fingerprint density at radius 1 is 1.30 bits per heavy atom. The van der Waals surface area contributed by atoms with Crippen molar-refractivity contribution < 1.29 is 9.53 Å². The van der Waals surface area contributed by atoms with Gasteiger partial charge < -0.3 is 4.74 Å². The van der Waals surface area contributed by atoms with Crippen LogP contribution in [0.15, 0.2) is 34.4 Å². The van der Waals surface area contributed by atoms with Crippen LogP contribution in [0.25, 0.3) is 21.3 Å². The maximum atomic E-state index is 13.3. The first-order valence-corrected chi connectivity index (χ1v) is 10.0. The number of thiophene rings is 1. The van der Waals surface area contributed by atoms with Crippen molar-refractivity contribution in [3.63, 3.8) is 0 Å². The van der Waals surface area contributed by atoms with Crippen LogP contribution in [0.2, 0.25) is 5.02 Å². The smallest absolute Gasteiger partial charge is 0.305 e. The van der Waals surface area contributed by atoms with Crippen LogP contribution in [0.4, 0.5) is 0 Å². The molecule has 0 aliphatic heterocycles. The van der Waals surface area contributed by atoms with Crippen molar-refractivity contribution in [1.29, 1.82) is 0 Å². The zero-order valence-corrected chi connectivity index (χ0v) is 17.1. The van der Waals surface area contributed by atoms with Crippen LogP contribution in [0, 0.1) is 0 Å². The van der Waals surface area contributed by atoms with Crippen LogP contribution < -0.4 is 5.56 Å². The SMILES string of the molecule is COC(=O)CCCn1c(C(C)C)nc2scc(-c3ccc(Cl)cc3)c2c1=O. The molecule has 2 heterocycles. The zero-order chi connectivity index (χ0) is 19.6. The number of carbonyl (C=O) groups is 1. The Kier molecular flexibility index (Phi) is 5.97. The number of fused-ring (bicyclic) bond motifs is 1. The number of hydrogen-bond acceptors (Lipinski definition) is 5. The largest absolute Gasteiger partial charge is 0.469 e. The molecule has 0 N–H and O–H groups in total. The summed E-state index contributed by atoms with van der Waals surface area (Å²) < 4.78 is 6.39. The predicted octanol–water partition coefficient (Wildman–Crippen LogP) is 4.86. The van der Waals surface area contributed by atoms with Crippen LogP contribution in [-0.4, -0.2) is 22.6 Å². The number of benzene rings is 1. The molecule has 1 aromatic carbocycles. The Bertz CT molecular complexity index is 1020. The number of esters is 1. The van der Waals surface area contributed by atoms with E-state index in [1.807, 2.05) is 43.5 Å². The van der Waals surface area contributed by atoms with Gasteiger partial charge in [-0.2, -0.15) is 0 Å². The van der Waals surface area contributed by atoms with Gasteiger partial charge in [0.2, 0.25) is 0 Å². The molecular weight excluding hydrogens is 384 g/mol. The Hall–Kier alpha value is -2.18. The molecule has 7 heteroatoms. The summed E-state index contributed by atoms with van der Waals surface area (Å²) in [6.45, 7) is 4.45. The predicted molar refractivity (Wildman–Crippen MR) is 110 cm³/mol. The molecule has 0 saturated carbocycles. The van der Waals surface area contributed by atoms with Crippen molar-refractivity contribution in [3.8, 4) is 11.1 Å². The van der Waals surface area contributed by atoms with Crippen LogP contribution in [0.5, 0.6) is 0 Å². The number of carbonyl (C=O) groups excluding carboxylic acids is 1. The average molecular weight is 405 g/mol. The third-order valence-corrected chi connectivity index (χ3v) is 5.51. The number of halogens is 1. The van der Waals surface area contributed by atoms with Gasteiger partial charge in [0.1, 0.15) is 10.7 Å². The Balaban J connectivity index is 2.09. The minimum absolute atomic E-state index is 0.0697. The zero-order valence-electron chi connectivity index (χ0n) is 15.5. The van der Waals surface area contributed by atoms with E-state index in [2.05, 4.69) is 4.74 Å². The third kappa shape index (κ3) is 4.06. The van der Waals surface area contributed by atoms with E-state index in [0.717, 1.165) is 21.8 Å². The van der Waals surface area contributed by atoms with Crippen LogP contribution in [-0.2, 0) is 16.1 Å². The van der Waals surface area contributed by atoms with E-state index in [9.17, 15) is 9.59 Å². The molecule has 0 amide bonds. The van der Waals surface area contributed by atoms with E-state index >= 15 is 0 Å². The number of rotatable bonds is 6. The molecule has 0 unspecified atom stereocenters. The standard InChI is InChI=1S/C20H21ClN2O3S/c1-12(2)18-22-19-17(20(25)23(18)10-4-5-16(24)26-3)15(11-27-19)13-6-8-14(21)9-7-13/h6-9,11-12H,4-5,10H2,1-3H3. The van der Waals surface area contributed by atoms with Gasteiger partial charge in [-0.25, -0.2) is 4.98 Å². The second kappa shape index (κ2) is 8.23. The van der Waals surface area contributed by atoms with E-state index in [4.69, 9.17) is 16.6 Å². The van der Waals surface area contributed by atoms with Crippen LogP contribution in [0.1, 0.15) is 38.4 Å². The van der Waals surface area contributed by atoms with Crippen molar-refractivity contribution in [2.24, 2.45) is 0 Å². The molecule has 3 aromatic rings. The summed E-state index contributed by atoms with van der Waals surface area (Å²) >= 11 is 7.45. The topological polar surface area (TPSA) is 61.2 Å². The lowest BCUT2D eigenvalue weighted by Crippen LogP contribution is -2.26. The summed E-state index contributed by atoms with van der Waals surface area (Å²) in [7, 11) is 1.37. The van der Waals surface area contributed by atoms with Gasteiger partial charge in [0, 0.05) is 34.8 Å². The number of hydrogen-bond donors (Lipinski definition) is 0. The van der Waals surface area contributed by atoms with Gasteiger partial charge in [-0.15, -0.1) is 11.3 Å². The molecule has 0 radical (unpaired) electrons. The van der Waals surface area contributed by atoms with E-state index in [-0.39, 0.29) is 23.9 Å². The highest BCUT2D eigenvalue weighted by Gasteiger charge is 2.18. The molecule has 2 aromatic heterocycles. The first-order valence-electron chi connectivity index (χ1n) is 8.77. The number of aromatic nitrogens is 2. The maximum Gasteiger partial charge on any atom is 0.305 e. The molecule has 0 bridgehead atoms. The monoisotopic (exact) mass is 404 g/mol. The van der Waals surface area contributed by atoms with E-state index in [1.165, 1.54) is 18.4 Å². The number of methoxy groups -OCH3 is 1. The normalized spacial score (nSPS) is 11.3. The van der Waals surface area contributed by atoms with E-state index in [0.29, 0.717) is 23.4 Å². The second-order valence-electron chi connectivity index (χ2n) is 6.60. The first-order chi connectivity index (χ1) is 12.9. The first kappa shape index (κ1) is 19.6. The third-order valence-electron chi connectivity index (χ3n) is 4.39. The molecule has 27 heavy (non-hydrogen) atoms. The Morgan fingerprint density at radius 3 is 2.63 bits per heavy atom. The summed E-state index contributed by atoms with van der Waals surface area (Å²) in [5.41, 5.74) is 1.73. The van der Waals surface area contributed by atoms with Gasteiger partial charge in [0.15, 0.2) is 0 Å². The quantitative estimate of drug-likeness (QED) is 0.550. The van der Waals surface area contributed by atoms with Gasteiger partial charge in [0.05, 0.1) is 12.5 Å². The molecule has 0 saturated heterocycles. The Morgan fingerprint density at radius 2 is 2.00 bits per heavy atom. The van der Waals surface area contributed by atoms with Gasteiger partial charge in [-0.05, 0) is 24.1 Å². The van der Waals surface area contributed by atoms with Crippen LogP contribution >= 0.6 is 22.9 Å². The second-order valence-corrected chi connectivity index (χ2v) is 7.89. The summed E-state index contributed by atoms with van der Waals surface area (Å²) in [6, 6.07) is 7.43. The minimum Gasteiger partial charge on any atom is -0.469 e. The average Bonchev–Trinajstić information content (AvgIpc) is 3.08. The molecule has 0 spiro atoms. The lowest BCUT2D eigenvalue weighted by Gasteiger charge is -2.15. The van der Waals surface area contributed by atoms with Crippen molar-refractivity contribution in [2.75, 3.05) is 7.11 Å². The molecule has 142 valence electrons. The molecule has 3 rings (SSSR count). The van der Waals surface area contributed by atoms with E-state index in [1.54, 1.807) is 4.57 Å². The van der Waals surface area contributed by atoms with Crippen molar-refractivity contribution in [3.05, 3.63) is 50.8 Å². The van der Waals surface area contributed by atoms with Crippen molar-refractivity contribution >= 4 is 39.1 Å². The molecule has 0 fully saturated rings. The lowest BCUT2D eigenvalue weighted by atomic mass is 10.1.